The van der Waals surface area contributed by atoms with E-state index >= 15 is 0 Å². The van der Waals surface area contributed by atoms with Crippen LogP contribution in [0.5, 0.6) is 5.75 Å². The van der Waals surface area contributed by atoms with Crippen LogP contribution in [0.25, 0.3) is 5.69 Å². The number of para-hydroxylation sites is 1. The number of nitrogens with zero attached hydrogens (tertiary/aromatic N) is 4. The summed E-state index contributed by atoms with van der Waals surface area (Å²) in [5, 5.41) is 14.7. The van der Waals surface area contributed by atoms with Gasteiger partial charge in [-0.25, -0.2) is 4.39 Å². The van der Waals surface area contributed by atoms with Gasteiger partial charge in [0.05, 0.1) is 13.1 Å². The van der Waals surface area contributed by atoms with Gasteiger partial charge in [-0.3, -0.25) is 9.56 Å². The Bertz CT molecular complexity index is 928. The number of aromatic nitrogens is 3. The van der Waals surface area contributed by atoms with Crippen molar-refractivity contribution in [2.24, 2.45) is 4.99 Å². The third kappa shape index (κ3) is 5.78. The lowest BCUT2D eigenvalue weighted by atomic mass is 10.2. The van der Waals surface area contributed by atoms with Crippen molar-refractivity contribution in [1.29, 1.82) is 0 Å². The van der Waals surface area contributed by atoms with Crippen LogP contribution in [-0.4, -0.2) is 40.4 Å². The summed E-state index contributed by atoms with van der Waals surface area (Å²) >= 11 is 0. The predicted octanol–water partition coefficient (Wildman–Crippen LogP) is 2.93. The van der Waals surface area contributed by atoms with Crippen LogP contribution >= 0.6 is 0 Å². The van der Waals surface area contributed by atoms with Gasteiger partial charge >= 0.3 is 0 Å². The van der Waals surface area contributed by atoms with Crippen molar-refractivity contribution >= 4 is 5.96 Å². The van der Waals surface area contributed by atoms with E-state index in [2.05, 4.69) is 25.8 Å². The number of hydrogen-bond donors (Lipinski definition) is 2. The maximum absolute atomic E-state index is 13.3. The van der Waals surface area contributed by atoms with Crippen molar-refractivity contribution in [3.63, 3.8) is 0 Å². The SMILES string of the molecule is CCC(CNC(=NC)NCc1nncn1-c1ccccc1)Oc1cccc(F)c1. The molecule has 0 fully saturated rings. The minimum Gasteiger partial charge on any atom is -0.489 e. The van der Waals surface area contributed by atoms with Gasteiger partial charge in [0.25, 0.3) is 0 Å². The number of hydrogen-bond acceptors (Lipinski definition) is 4. The molecule has 2 aromatic carbocycles. The standard InChI is InChI=1S/C21H25FN6O/c1-3-18(29-19-11-7-8-16(22)12-19)13-24-21(23-2)25-14-20-27-26-15-28(20)17-9-5-4-6-10-17/h4-12,15,18H,3,13-14H2,1-2H3,(H2,23,24,25). The average molecular weight is 396 g/mol. The van der Waals surface area contributed by atoms with Gasteiger partial charge in [-0.05, 0) is 30.7 Å². The van der Waals surface area contributed by atoms with Crippen LogP contribution in [0.2, 0.25) is 0 Å². The van der Waals surface area contributed by atoms with E-state index in [-0.39, 0.29) is 11.9 Å². The van der Waals surface area contributed by atoms with Crippen LogP contribution in [0.3, 0.4) is 0 Å². The van der Waals surface area contributed by atoms with E-state index in [9.17, 15) is 4.39 Å². The van der Waals surface area contributed by atoms with Gasteiger partial charge in [-0.2, -0.15) is 0 Å². The number of nitrogens with one attached hydrogen (secondary N) is 2. The lowest BCUT2D eigenvalue weighted by Crippen LogP contribution is -2.42. The first-order valence-corrected chi connectivity index (χ1v) is 9.50. The number of halogens is 1. The zero-order valence-corrected chi connectivity index (χ0v) is 16.5. The van der Waals surface area contributed by atoms with Gasteiger partial charge in [0.1, 0.15) is 24.0 Å². The molecule has 0 radical (unpaired) electrons. The summed E-state index contributed by atoms with van der Waals surface area (Å²) in [6, 6.07) is 16.0. The second-order valence-electron chi connectivity index (χ2n) is 6.36. The van der Waals surface area contributed by atoms with Gasteiger partial charge < -0.3 is 15.4 Å². The van der Waals surface area contributed by atoms with E-state index in [0.717, 1.165) is 17.9 Å². The summed E-state index contributed by atoms with van der Waals surface area (Å²) in [6.45, 7) is 3.00. The molecule has 0 aliphatic carbocycles. The summed E-state index contributed by atoms with van der Waals surface area (Å²) in [4.78, 5) is 4.24. The molecule has 0 aliphatic rings. The Hall–Kier alpha value is -3.42. The Morgan fingerprint density at radius 1 is 1.17 bits per heavy atom. The second-order valence-corrected chi connectivity index (χ2v) is 6.36. The van der Waals surface area contributed by atoms with E-state index in [0.29, 0.717) is 24.8 Å². The third-order valence-corrected chi connectivity index (χ3v) is 4.34. The van der Waals surface area contributed by atoms with Gasteiger partial charge in [-0.1, -0.05) is 31.2 Å². The van der Waals surface area contributed by atoms with Crippen molar-refractivity contribution in [2.75, 3.05) is 13.6 Å². The highest BCUT2D eigenvalue weighted by atomic mass is 19.1. The molecule has 29 heavy (non-hydrogen) atoms. The highest BCUT2D eigenvalue weighted by Crippen LogP contribution is 2.14. The molecule has 1 heterocycles. The first kappa shape index (κ1) is 20.3. The number of guanidine groups is 1. The molecule has 7 nitrogen and oxygen atoms in total. The first-order chi connectivity index (χ1) is 14.2. The average Bonchev–Trinajstić information content (AvgIpc) is 3.22. The fourth-order valence-electron chi connectivity index (χ4n) is 2.78. The molecule has 0 saturated carbocycles. The van der Waals surface area contributed by atoms with E-state index in [1.807, 2.05) is 41.8 Å². The molecule has 0 amide bonds. The number of benzene rings is 2. The molecule has 2 N–H and O–H groups in total. The summed E-state index contributed by atoms with van der Waals surface area (Å²) < 4.78 is 21.1. The van der Waals surface area contributed by atoms with Crippen molar-refractivity contribution in [3.8, 4) is 11.4 Å². The Kier molecular flexibility index (Phi) is 7.16. The molecule has 8 heteroatoms. The molecular weight excluding hydrogens is 371 g/mol. The highest BCUT2D eigenvalue weighted by molar-refractivity contribution is 5.79. The summed E-state index contributed by atoms with van der Waals surface area (Å²) in [6.07, 6.45) is 2.33. The molecule has 0 aliphatic heterocycles. The minimum atomic E-state index is -0.315. The summed E-state index contributed by atoms with van der Waals surface area (Å²) in [7, 11) is 1.70. The van der Waals surface area contributed by atoms with Gasteiger partial charge in [0, 0.05) is 18.8 Å². The molecule has 3 rings (SSSR count). The molecule has 152 valence electrons. The highest BCUT2D eigenvalue weighted by Gasteiger charge is 2.11. The molecule has 1 unspecified atom stereocenters. The molecule has 0 spiro atoms. The van der Waals surface area contributed by atoms with E-state index < -0.39 is 0 Å². The van der Waals surface area contributed by atoms with Gasteiger partial charge in [0.2, 0.25) is 0 Å². The van der Waals surface area contributed by atoms with E-state index in [1.165, 1.54) is 12.1 Å². The van der Waals surface area contributed by atoms with Crippen LogP contribution in [0.15, 0.2) is 65.9 Å². The first-order valence-electron chi connectivity index (χ1n) is 9.50. The molecule has 0 bridgehead atoms. The molecule has 0 saturated heterocycles. The third-order valence-electron chi connectivity index (χ3n) is 4.34. The minimum absolute atomic E-state index is 0.122. The van der Waals surface area contributed by atoms with Crippen molar-refractivity contribution in [3.05, 3.63) is 72.6 Å². The zero-order valence-electron chi connectivity index (χ0n) is 16.5. The molecule has 3 aromatic rings. The van der Waals surface area contributed by atoms with Crippen LogP contribution in [0, 0.1) is 5.82 Å². The predicted molar refractivity (Wildman–Crippen MR) is 111 cm³/mol. The van der Waals surface area contributed by atoms with Crippen molar-refractivity contribution in [2.45, 2.75) is 26.0 Å². The monoisotopic (exact) mass is 396 g/mol. The maximum Gasteiger partial charge on any atom is 0.191 e. The molecular formula is C21H25FN6O. The van der Waals surface area contributed by atoms with Crippen LogP contribution in [-0.2, 0) is 6.54 Å². The molecule has 1 aromatic heterocycles. The number of ether oxygens (including phenoxy) is 1. The summed E-state index contributed by atoms with van der Waals surface area (Å²) in [5.41, 5.74) is 0.992. The Morgan fingerprint density at radius 2 is 2.00 bits per heavy atom. The van der Waals surface area contributed by atoms with Crippen LogP contribution in [0.1, 0.15) is 19.2 Å². The quantitative estimate of drug-likeness (QED) is 0.452. The maximum atomic E-state index is 13.3. The van der Waals surface area contributed by atoms with Gasteiger partial charge in [0.15, 0.2) is 11.8 Å². The Labute approximate surface area is 169 Å². The van der Waals surface area contributed by atoms with Crippen molar-refractivity contribution < 1.29 is 9.13 Å². The second kappa shape index (κ2) is 10.2. The van der Waals surface area contributed by atoms with Gasteiger partial charge in [-0.15, -0.1) is 10.2 Å². The summed E-state index contributed by atoms with van der Waals surface area (Å²) in [5.74, 6) is 1.58. The fraction of sp³-hybridized carbons (Fsp3) is 0.286. The Morgan fingerprint density at radius 3 is 2.72 bits per heavy atom. The zero-order chi connectivity index (χ0) is 20.5. The Balaban J connectivity index is 1.54. The van der Waals surface area contributed by atoms with Crippen LogP contribution in [0.4, 0.5) is 4.39 Å². The van der Waals surface area contributed by atoms with Crippen LogP contribution < -0.4 is 15.4 Å². The smallest absolute Gasteiger partial charge is 0.191 e. The largest absolute Gasteiger partial charge is 0.489 e. The van der Waals surface area contributed by atoms with E-state index in [4.69, 9.17) is 4.74 Å². The lowest BCUT2D eigenvalue weighted by Gasteiger charge is -2.20. The van der Waals surface area contributed by atoms with E-state index in [1.54, 1.807) is 25.5 Å². The topological polar surface area (TPSA) is 76.4 Å². The van der Waals surface area contributed by atoms with Crippen molar-refractivity contribution in [1.82, 2.24) is 25.4 Å². The number of rotatable bonds is 8. The number of aliphatic imine (C=N–C) groups is 1. The normalized spacial score (nSPS) is 12.4. The molecule has 1 atom stereocenters. The fourth-order valence-corrected chi connectivity index (χ4v) is 2.78. The lowest BCUT2D eigenvalue weighted by molar-refractivity contribution is 0.198.